The van der Waals surface area contributed by atoms with Crippen molar-refractivity contribution >= 4 is 23.2 Å². The third-order valence-electron chi connectivity index (χ3n) is 5.70. The first-order valence-corrected chi connectivity index (χ1v) is 11.2. The Morgan fingerprint density at radius 1 is 1.30 bits per heavy atom. The van der Waals surface area contributed by atoms with Crippen LogP contribution in [0.1, 0.15) is 43.7 Å². The number of hydrogen-bond donors (Lipinski definition) is 0. The summed E-state index contributed by atoms with van der Waals surface area (Å²) in [5.74, 6) is 1.32. The Morgan fingerprint density at radius 3 is 2.77 bits per heavy atom. The van der Waals surface area contributed by atoms with Gasteiger partial charge in [-0.1, -0.05) is 13.0 Å². The molecule has 30 heavy (non-hydrogen) atoms. The fraction of sp³-hybridized carbons (Fsp3) is 0.478. The minimum absolute atomic E-state index is 0.0273. The lowest BCUT2D eigenvalue weighted by atomic mass is 10.00. The number of carbonyl (C=O) groups is 2. The second-order valence-electron chi connectivity index (χ2n) is 7.55. The van der Waals surface area contributed by atoms with E-state index in [0.29, 0.717) is 18.9 Å². The Balaban J connectivity index is 1.78. The number of nitrogens with zero attached hydrogens (tertiary/aromatic N) is 2. The standard InChI is InChI=1S/C23H30N2O4S/c1-5-16(2)25(17(3)26)14-23(27)24-11-9-22-20(10-12-30-22)21(24)15-29-19-8-6-7-18(13-19)28-4/h6-8,10,12-13,16,21H,5,9,11,14-15H2,1-4H3/t16-,21-/m0/s1. The molecule has 2 amide bonds. The average Bonchev–Trinajstić information content (AvgIpc) is 3.24. The van der Waals surface area contributed by atoms with Crippen molar-refractivity contribution in [1.29, 1.82) is 0 Å². The molecular weight excluding hydrogens is 400 g/mol. The lowest BCUT2D eigenvalue weighted by Gasteiger charge is -2.37. The number of ether oxygens (including phenoxy) is 2. The van der Waals surface area contributed by atoms with E-state index in [0.717, 1.165) is 24.2 Å². The molecule has 2 aromatic rings. The van der Waals surface area contributed by atoms with Crippen LogP contribution in [0.4, 0.5) is 0 Å². The summed E-state index contributed by atoms with van der Waals surface area (Å²) in [6.07, 6.45) is 1.64. The van der Waals surface area contributed by atoms with Gasteiger partial charge in [0.15, 0.2) is 0 Å². The molecule has 0 fully saturated rings. The van der Waals surface area contributed by atoms with E-state index in [-0.39, 0.29) is 30.4 Å². The molecule has 1 aliphatic rings. The topological polar surface area (TPSA) is 59.1 Å². The summed E-state index contributed by atoms with van der Waals surface area (Å²) in [5, 5.41) is 2.07. The van der Waals surface area contributed by atoms with Crippen molar-refractivity contribution in [2.75, 3.05) is 26.8 Å². The molecule has 6 nitrogen and oxygen atoms in total. The van der Waals surface area contributed by atoms with E-state index in [1.54, 1.807) is 23.3 Å². The fourth-order valence-corrected chi connectivity index (χ4v) is 4.70. The Hall–Kier alpha value is -2.54. The average molecular weight is 431 g/mol. The summed E-state index contributed by atoms with van der Waals surface area (Å²) < 4.78 is 11.3. The summed E-state index contributed by atoms with van der Waals surface area (Å²) >= 11 is 1.72. The number of methoxy groups -OCH3 is 1. The van der Waals surface area contributed by atoms with Crippen LogP contribution >= 0.6 is 11.3 Å². The summed E-state index contributed by atoms with van der Waals surface area (Å²) in [5.41, 5.74) is 1.14. The van der Waals surface area contributed by atoms with Crippen LogP contribution in [0.25, 0.3) is 0 Å². The predicted octanol–water partition coefficient (Wildman–Crippen LogP) is 3.91. The van der Waals surface area contributed by atoms with E-state index >= 15 is 0 Å². The highest BCUT2D eigenvalue weighted by atomic mass is 32.1. The van der Waals surface area contributed by atoms with Gasteiger partial charge in [-0.05, 0) is 48.9 Å². The van der Waals surface area contributed by atoms with E-state index < -0.39 is 0 Å². The zero-order chi connectivity index (χ0) is 21.7. The summed E-state index contributed by atoms with van der Waals surface area (Å²) in [6.45, 7) is 6.60. The Labute approximate surface area is 182 Å². The molecule has 0 unspecified atom stereocenters. The minimum Gasteiger partial charge on any atom is -0.497 e. The molecule has 0 radical (unpaired) electrons. The Kier molecular flexibility index (Phi) is 7.37. The van der Waals surface area contributed by atoms with Crippen molar-refractivity contribution in [2.24, 2.45) is 0 Å². The molecule has 0 aliphatic carbocycles. The number of fused-ring (bicyclic) bond motifs is 1. The van der Waals surface area contributed by atoms with Crippen molar-refractivity contribution in [3.05, 3.63) is 46.2 Å². The number of benzene rings is 1. The smallest absolute Gasteiger partial charge is 0.242 e. The number of thiophene rings is 1. The van der Waals surface area contributed by atoms with E-state index in [1.165, 1.54) is 11.8 Å². The van der Waals surface area contributed by atoms with E-state index in [9.17, 15) is 9.59 Å². The van der Waals surface area contributed by atoms with Crippen LogP contribution in [-0.2, 0) is 16.0 Å². The van der Waals surface area contributed by atoms with Crippen molar-refractivity contribution in [3.63, 3.8) is 0 Å². The fourth-order valence-electron chi connectivity index (χ4n) is 3.78. The van der Waals surface area contributed by atoms with Crippen LogP contribution in [-0.4, -0.2) is 54.5 Å². The van der Waals surface area contributed by atoms with E-state index in [4.69, 9.17) is 9.47 Å². The van der Waals surface area contributed by atoms with Gasteiger partial charge in [-0.2, -0.15) is 0 Å². The number of amides is 2. The second-order valence-corrected chi connectivity index (χ2v) is 8.55. The van der Waals surface area contributed by atoms with Crippen LogP contribution in [0, 0.1) is 0 Å². The first-order valence-electron chi connectivity index (χ1n) is 10.3. The lowest BCUT2D eigenvalue weighted by molar-refractivity contribution is -0.143. The molecule has 0 saturated heterocycles. The number of hydrogen-bond acceptors (Lipinski definition) is 5. The van der Waals surface area contributed by atoms with Gasteiger partial charge in [0, 0.05) is 30.5 Å². The highest BCUT2D eigenvalue weighted by Gasteiger charge is 2.33. The summed E-state index contributed by atoms with van der Waals surface area (Å²) in [7, 11) is 1.62. The quantitative estimate of drug-likeness (QED) is 0.637. The molecule has 0 saturated carbocycles. The maximum absolute atomic E-state index is 13.2. The predicted molar refractivity (Wildman–Crippen MR) is 118 cm³/mol. The highest BCUT2D eigenvalue weighted by molar-refractivity contribution is 7.10. The van der Waals surface area contributed by atoms with Gasteiger partial charge >= 0.3 is 0 Å². The maximum Gasteiger partial charge on any atom is 0.242 e. The van der Waals surface area contributed by atoms with Gasteiger partial charge in [0.25, 0.3) is 0 Å². The van der Waals surface area contributed by atoms with Crippen molar-refractivity contribution < 1.29 is 19.1 Å². The van der Waals surface area contributed by atoms with Crippen LogP contribution in [0.2, 0.25) is 0 Å². The van der Waals surface area contributed by atoms with Crippen molar-refractivity contribution in [3.8, 4) is 11.5 Å². The Morgan fingerprint density at radius 2 is 2.07 bits per heavy atom. The van der Waals surface area contributed by atoms with Gasteiger partial charge in [-0.15, -0.1) is 11.3 Å². The van der Waals surface area contributed by atoms with Crippen molar-refractivity contribution in [2.45, 2.75) is 45.7 Å². The van der Waals surface area contributed by atoms with Crippen LogP contribution in [0.3, 0.4) is 0 Å². The van der Waals surface area contributed by atoms with Gasteiger partial charge in [0.1, 0.15) is 18.1 Å². The molecule has 1 aliphatic heterocycles. The monoisotopic (exact) mass is 430 g/mol. The van der Waals surface area contributed by atoms with Crippen LogP contribution < -0.4 is 9.47 Å². The normalized spacial score (nSPS) is 16.5. The second kappa shape index (κ2) is 9.98. The van der Waals surface area contributed by atoms with Gasteiger partial charge in [0.2, 0.25) is 11.8 Å². The maximum atomic E-state index is 13.2. The molecule has 2 heterocycles. The summed E-state index contributed by atoms with van der Waals surface area (Å²) in [4.78, 5) is 30.2. The number of carbonyl (C=O) groups excluding carboxylic acids is 2. The van der Waals surface area contributed by atoms with Crippen molar-refractivity contribution in [1.82, 2.24) is 9.80 Å². The third-order valence-corrected chi connectivity index (χ3v) is 6.69. The van der Waals surface area contributed by atoms with E-state index in [1.807, 2.05) is 43.0 Å². The third kappa shape index (κ3) is 4.95. The molecule has 0 spiro atoms. The molecule has 2 atom stereocenters. The molecule has 0 bridgehead atoms. The molecule has 0 N–H and O–H groups in total. The SMILES string of the molecule is CC[C@H](C)N(CC(=O)N1CCc2sccc2[C@@H]1COc1cccc(OC)c1)C(C)=O. The minimum atomic E-state index is -0.176. The van der Waals surface area contributed by atoms with E-state index in [2.05, 4.69) is 11.4 Å². The molecule has 7 heteroatoms. The first kappa shape index (κ1) is 22.2. The van der Waals surface area contributed by atoms with Gasteiger partial charge in [0.05, 0.1) is 19.7 Å². The van der Waals surface area contributed by atoms with Gasteiger partial charge in [-0.25, -0.2) is 0 Å². The first-order chi connectivity index (χ1) is 14.4. The highest BCUT2D eigenvalue weighted by Crippen LogP contribution is 2.34. The molecule has 162 valence electrons. The van der Waals surface area contributed by atoms with Gasteiger partial charge in [-0.3, -0.25) is 9.59 Å². The largest absolute Gasteiger partial charge is 0.497 e. The van der Waals surface area contributed by atoms with Crippen LogP contribution in [0.5, 0.6) is 11.5 Å². The Bertz CT molecular complexity index is 882. The zero-order valence-corrected chi connectivity index (χ0v) is 18.9. The molecule has 3 rings (SSSR count). The molecule has 1 aromatic heterocycles. The number of rotatable bonds is 8. The molecule has 1 aromatic carbocycles. The van der Waals surface area contributed by atoms with Gasteiger partial charge < -0.3 is 19.3 Å². The zero-order valence-electron chi connectivity index (χ0n) is 18.1. The lowest BCUT2D eigenvalue weighted by Crippen LogP contribution is -2.49. The summed E-state index contributed by atoms with van der Waals surface area (Å²) in [6, 6.07) is 9.40. The molecular formula is C23H30N2O4S. The van der Waals surface area contributed by atoms with Crippen LogP contribution in [0.15, 0.2) is 35.7 Å².